The average molecular weight is 405 g/mol. The molecule has 1 aromatic rings. The SMILES string of the molecule is COc1ccc(CCN2C(=O)N[C@H](CCC(=O)N3CCOCC3)C2=O)cc1OC. The highest BCUT2D eigenvalue weighted by Crippen LogP contribution is 2.28. The number of benzene rings is 1. The maximum atomic E-state index is 12.6. The Hall–Kier alpha value is -2.81. The van der Waals surface area contributed by atoms with Crippen LogP contribution >= 0.6 is 0 Å². The van der Waals surface area contributed by atoms with Gasteiger partial charge in [-0.15, -0.1) is 0 Å². The Morgan fingerprint density at radius 3 is 2.59 bits per heavy atom. The molecule has 0 bridgehead atoms. The molecule has 2 aliphatic heterocycles. The molecular formula is C20H27N3O6. The number of carbonyl (C=O) groups excluding carboxylic acids is 3. The fourth-order valence-corrected chi connectivity index (χ4v) is 3.50. The van der Waals surface area contributed by atoms with Crippen LogP contribution in [-0.2, 0) is 20.7 Å². The number of nitrogens with zero attached hydrogens (tertiary/aromatic N) is 2. The summed E-state index contributed by atoms with van der Waals surface area (Å²) in [5.74, 6) is 0.919. The molecule has 0 saturated carbocycles. The van der Waals surface area contributed by atoms with Crippen molar-refractivity contribution < 1.29 is 28.6 Å². The molecule has 0 unspecified atom stereocenters. The number of hydrogen-bond acceptors (Lipinski definition) is 6. The van der Waals surface area contributed by atoms with E-state index in [9.17, 15) is 14.4 Å². The van der Waals surface area contributed by atoms with E-state index in [1.165, 1.54) is 4.90 Å². The summed E-state index contributed by atoms with van der Waals surface area (Å²) in [5, 5.41) is 2.69. The topological polar surface area (TPSA) is 97.4 Å². The molecule has 0 aromatic heterocycles. The van der Waals surface area contributed by atoms with Gasteiger partial charge in [-0.1, -0.05) is 6.07 Å². The molecule has 2 heterocycles. The summed E-state index contributed by atoms with van der Waals surface area (Å²) in [6.07, 6.45) is 1.02. The van der Waals surface area contributed by atoms with Crippen molar-refractivity contribution in [2.75, 3.05) is 47.1 Å². The summed E-state index contributed by atoms with van der Waals surface area (Å²) in [6, 6.07) is 4.42. The maximum absolute atomic E-state index is 12.6. The van der Waals surface area contributed by atoms with Crippen molar-refractivity contribution in [3.05, 3.63) is 23.8 Å². The lowest BCUT2D eigenvalue weighted by Crippen LogP contribution is -2.41. The van der Waals surface area contributed by atoms with E-state index in [0.717, 1.165) is 5.56 Å². The Bertz CT molecular complexity index is 763. The predicted molar refractivity (Wildman–Crippen MR) is 104 cm³/mol. The average Bonchev–Trinajstić information content (AvgIpc) is 3.03. The molecule has 29 heavy (non-hydrogen) atoms. The normalized spacial score (nSPS) is 19.3. The fourth-order valence-electron chi connectivity index (χ4n) is 3.50. The smallest absolute Gasteiger partial charge is 0.324 e. The highest BCUT2D eigenvalue weighted by atomic mass is 16.5. The number of hydrogen-bond donors (Lipinski definition) is 1. The molecule has 1 N–H and O–H groups in total. The van der Waals surface area contributed by atoms with Gasteiger partial charge in [0.2, 0.25) is 5.91 Å². The number of amides is 4. The first-order valence-corrected chi connectivity index (χ1v) is 9.71. The minimum Gasteiger partial charge on any atom is -0.493 e. The van der Waals surface area contributed by atoms with Gasteiger partial charge in [-0.2, -0.15) is 0 Å². The lowest BCUT2D eigenvalue weighted by molar-refractivity contribution is -0.135. The third kappa shape index (κ3) is 4.97. The largest absolute Gasteiger partial charge is 0.493 e. The summed E-state index contributed by atoms with van der Waals surface area (Å²) in [4.78, 5) is 40.0. The number of carbonyl (C=O) groups is 3. The number of urea groups is 1. The number of methoxy groups -OCH3 is 2. The van der Waals surface area contributed by atoms with E-state index < -0.39 is 12.1 Å². The first kappa shape index (κ1) is 20.9. The number of ether oxygens (including phenoxy) is 3. The van der Waals surface area contributed by atoms with Gasteiger partial charge in [-0.3, -0.25) is 14.5 Å². The summed E-state index contributed by atoms with van der Waals surface area (Å²) in [6.45, 7) is 2.47. The van der Waals surface area contributed by atoms with Crippen molar-refractivity contribution in [2.45, 2.75) is 25.3 Å². The monoisotopic (exact) mass is 405 g/mol. The number of imide groups is 1. The predicted octanol–water partition coefficient (Wildman–Crippen LogP) is 0.806. The van der Waals surface area contributed by atoms with E-state index in [0.29, 0.717) is 50.6 Å². The van der Waals surface area contributed by atoms with Crippen molar-refractivity contribution in [1.82, 2.24) is 15.1 Å². The third-order valence-corrected chi connectivity index (χ3v) is 5.19. The van der Waals surface area contributed by atoms with E-state index >= 15 is 0 Å². The molecule has 1 atom stereocenters. The summed E-state index contributed by atoms with van der Waals surface area (Å²) >= 11 is 0. The second-order valence-corrected chi connectivity index (χ2v) is 6.96. The second kappa shape index (κ2) is 9.60. The van der Waals surface area contributed by atoms with Crippen LogP contribution in [0.2, 0.25) is 0 Å². The van der Waals surface area contributed by atoms with Gasteiger partial charge in [0.15, 0.2) is 11.5 Å². The van der Waals surface area contributed by atoms with Crippen LogP contribution in [0.4, 0.5) is 4.79 Å². The number of nitrogens with one attached hydrogen (secondary N) is 1. The Morgan fingerprint density at radius 1 is 1.17 bits per heavy atom. The Labute approximate surface area is 169 Å². The highest BCUT2D eigenvalue weighted by Gasteiger charge is 2.37. The molecule has 158 valence electrons. The highest BCUT2D eigenvalue weighted by molar-refractivity contribution is 6.04. The van der Waals surface area contributed by atoms with Crippen LogP contribution in [-0.4, -0.2) is 80.8 Å². The minimum atomic E-state index is -0.655. The van der Waals surface area contributed by atoms with Crippen molar-refractivity contribution in [3.63, 3.8) is 0 Å². The zero-order valence-corrected chi connectivity index (χ0v) is 16.8. The molecule has 0 radical (unpaired) electrons. The standard InChI is InChI=1S/C20H27N3O6/c1-27-16-5-3-14(13-17(16)28-2)7-8-23-19(25)15(21-20(23)26)4-6-18(24)22-9-11-29-12-10-22/h3,5,13,15H,4,6-12H2,1-2H3,(H,21,26)/t15-/m1/s1. The first-order chi connectivity index (χ1) is 14.0. The second-order valence-electron chi connectivity index (χ2n) is 6.96. The van der Waals surface area contributed by atoms with Crippen LogP contribution in [0.5, 0.6) is 11.5 Å². The molecule has 0 aliphatic carbocycles. The van der Waals surface area contributed by atoms with Gasteiger partial charge in [-0.05, 0) is 30.5 Å². The van der Waals surface area contributed by atoms with Gasteiger partial charge in [0.1, 0.15) is 6.04 Å². The van der Waals surface area contributed by atoms with Crippen LogP contribution in [0, 0.1) is 0 Å². The molecule has 2 fully saturated rings. The Morgan fingerprint density at radius 2 is 1.90 bits per heavy atom. The maximum Gasteiger partial charge on any atom is 0.324 e. The van der Waals surface area contributed by atoms with E-state index in [-0.39, 0.29) is 24.8 Å². The molecule has 0 spiro atoms. The lowest BCUT2D eigenvalue weighted by Gasteiger charge is -2.27. The van der Waals surface area contributed by atoms with Crippen LogP contribution in [0.1, 0.15) is 18.4 Å². The van der Waals surface area contributed by atoms with Crippen molar-refractivity contribution >= 4 is 17.8 Å². The van der Waals surface area contributed by atoms with Gasteiger partial charge in [0.05, 0.1) is 27.4 Å². The molecule has 2 saturated heterocycles. The Kier molecular flexibility index (Phi) is 6.92. The molecule has 9 heteroatoms. The lowest BCUT2D eigenvalue weighted by atomic mass is 10.1. The number of morpholine rings is 1. The zero-order valence-electron chi connectivity index (χ0n) is 16.8. The van der Waals surface area contributed by atoms with Crippen molar-refractivity contribution in [1.29, 1.82) is 0 Å². The van der Waals surface area contributed by atoms with Gasteiger partial charge < -0.3 is 24.4 Å². The molecule has 3 rings (SSSR count). The molecule has 4 amide bonds. The van der Waals surface area contributed by atoms with E-state index in [1.807, 2.05) is 12.1 Å². The summed E-state index contributed by atoms with van der Waals surface area (Å²) < 4.78 is 15.7. The van der Waals surface area contributed by atoms with Gasteiger partial charge >= 0.3 is 6.03 Å². The quantitative estimate of drug-likeness (QED) is 0.643. The molecule has 1 aromatic carbocycles. The summed E-state index contributed by atoms with van der Waals surface area (Å²) in [5.41, 5.74) is 0.925. The first-order valence-electron chi connectivity index (χ1n) is 9.71. The van der Waals surface area contributed by atoms with Crippen molar-refractivity contribution in [3.8, 4) is 11.5 Å². The van der Waals surface area contributed by atoms with Crippen LogP contribution < -0.4 is 14.8 Å². The zero-order chi connectivity index (χ0) is 20.8. The molecule has 2 aliphatic rings. The van der Waals surface area contributed by atoms with E-state index in [1.54, 1.807) is 25.2 Å². The van der Waals surface area contributed by atoms with E-state index in [2.05, 4.69) is 5.32 Å². The fraction of sp³-hybridized carbons (Fsp3) is 0.550. The van der Waals surface area contributed by atoms with Crippen molar-refractivity contribution in [2.24, 2.45) is 0 Å². The third-order valence-electron chi connectivity index (χ3n) is 5.19. The van der Waals surface area contributed by atoms with Gasteiger partial charge in [-0.25, -0.2) is 4.79 Å². The van der Waals surface area contributed by atoms with Crippen LogP contribution in [0.3, 0.4) is 0 Å². The van der Waals surface area contributed by atoms with E-state index in [4.69, 9.17) is 14.2 Å². The Balaban J connectivity index is 1.51. The molecule has 9 nitrogen and oxygen atoms in total. The number of rotatable bonds is 8. The summed E-state index contributed by atoms with van der Waals surface area (Å²) in [7, 11) is 3.12. The van der Waals surface area contributed by atoms with Crippen LogP contribution in [0.15, 0.2) is 18.2 Å². The van der Waals surface area contributed by atoms with Crippen LogP contribution in [0.25, 0.3) is 0 Å². The molecular weight excluding hydrogens is 378 g/mol. The van der Waals surface area contributed by atoms with Gasteiger partial charge in [0.25, 0.3) is 5.91 Å². The van der Waals surface area contributed by atoms with Gasteiger partial charge in [0, 0.05) is 26.1 Å². The minimum absolute atomic E-state index is 0.0147.